The monoisotopic (exact) mass is 246 g/mol. The van der Waals surface area contributed by atoms with E-state index in [1.807, 2.05) is 0 Å². The Hall–Kier alpha value is 0.0569. The smallest absolute Gasteiger partial charge is 0.202 e. The molecule has 0 aliphatic carbocycles. The summed E-state index contributed by atoms with van der Waals surface area (Å²) in [5.74, 6) is 0. The molecule has 0 radical (unpaired) electrons. The molecule has 0 amide bonds. The molecule has 1 atom stereocenters. The first-order valence-electron chi connectivity index (χ1n) is 6.01. The van der Waals surface area contributed by atoms with Crippen LogP contribution in [0.2, 0.25) is 12.6 Å². The lowest BCUT2D eigenvalue weighted by Gasteiger charge is -2.39. The van der Waals surface area contributed by atoms with Gasteiger partial charge in [-0.05, 0) is 47.2 Å². The largest absolute Gasteiger partial charge is 0.379 e. The van der Waals surface area contributed by atoms with Crippen LogP contribution in [-0.4, -0.2) is 71.6 Å². The van der Waals surface area contributed by atoms with Gasteiger partial charge in [0.15, 0.2) is 0 Å². The van der Waals surface area contributed by atoms with Crippen LogP contribution in [0.3, 0.4) is 0 Å². The van der Waals surface area contributed by atoms with E-state index in [-0.39, 0.29) is 0 Å². The number of hydrogen-bond acceptors (Lipinski definition) is 4. The fraction of sp³-hybridized carbons (Fsp3) is 1.00. The summed E-state index contributed by atoms with van der Waals surface area (Å²) in [6, 6.07) is 1.25. The highest BCUT2D eigenvalue weighted by molar-refractivity contribution is 6.72. The maximum atomic E-state index is 5.57. The van der Waals surface area contributed by atoms with Gasteiger partial charge in [0.2, 0.25) is 8.40 Å². The van der Waals surface area contributed by atoms with E-state index >= 15 is 0 Å². The fourth-order valence-corrected chi connectivity index (χ4v) is 4.24. The summed E-state index contributed by atoms with van der Waals surface area (Å²) in [6.07, 6.45) is 1.54. The van der Waals surface area contributed by atoms with Gasteiger partial charge in [-0.3, -0.25) is 0 Å². The van der Waals surface area contributed by atoms with Crippen molar-refractivity contribution >= 4 is 8.40 Å². The highest BCUT2D eigenvalue weighted by Crippen LogP contribution is 2.17. The molecule has 0 bridgehead atoms. The van der Waals surface area contributed by atoms with Crippen molar-refractivity contribution in [2.75, 3.05) is 48.0 Å². The Balaban J connectivity index is 2.16. The van der Waals surface area contributed by atoms with Gasteiger partial charge >= 0.3 is 0 Å². The Morgan fingerprint density at radius 1 is 1.25 bits per heavy atom. The van der Waals surface area contributed by atoms with E-state index in [1.54, 1.807) is 0 Å². The van der Waals surface area contributed by atoms with Gasteiger partial charge in [-0.2, -0.15) is 0 Å². The Labute approximate surface area is 101 Å². The Bertz CT molecular complexity index is 200. The Kier molecular flexibility index (Phi) is 5.40. The molecule has 1 heterocycles. The molecule has 96 valence electrons. The van der Waals surface area contributed by atoms with Crippen molar-refractivity contribution in [2.24, 2.45) is 0 Å². The molecule has 1 fully saturated rings. The minimum atomic E-state index is -1.41. The van der Waals surface area contributed by atoms with Crippen molar-refractivity contribution in [3.8, 4) is 0 Å². The minimum absolute atomic E-state index is 0.395. The first-order chi connectivity index (χ1) is 7.47. The van der Waals surface area contributed by atoms with Crippen LogP contribution in [0.25, 0.3) is 0 Å². The maximum absolute atomic E-state index is 5.57. The Morgan fingerprint density at radius 2 is 1.81 bits per heavy atom. The van der Waals surface area contributed by atoms with Crippen LogP contribution in [0.5, 0.6) is 0 Å². The van der Waals surface area contributed by atoms with E-state index in [0.717, 1.165) is 26.2 Å². The van der Waals surface area contributed by atoms with Crippen molar-refractivity contribution in [1.82, 2.24) is 9.13 Å². The molecule has 0 aromatic heterocycles. The van der Waals surface area contributed by atoms with Gasteiger partial charge < -0.3 is 18.6 Å². The molecule has 4 nitrogen and oxygen atoms in total. The number of nitrogens with zero attached hydrogens (tertiary/aromatic N) is 2. The van der Waals surface area contributed by atoms with Crippen molar-refractivity contribution in [1.29, 1.82) is 0 Å². The summed E-state index contributed by atoms with van der Waals surface area (Å²) in [5.41, 5.74) is 0. The lowest BCUT2D eigenvalue weighted by atomic mass is 10.5. The zero-order valence-electron chi connectivity index (χ0n) is 11.3. The molecular weight excluding hydrogens is 220 g/mol. The molecule has 1 unspecified atom stereocenters. The molecular formula is C11H26N2O2Si. The van der Waals surface area contributed by atoms with Crippen LogP contribution in [-0.2, 0) is 9.47 Å². The predicted octanol–water partition coefficient (Wildman–Crippen LogP) is 0.987. The predicted molar refractivity (Wildman–Crippen MR) is 69.0 cm³/mol. The second kappa shape index (κ2) is 6.12. The normalized spacial score (nSPS) is 20.8. The van der Waals surface area contributed by atoms with E-state index in [0.29, 0.717) is 6.10 Å². The average molecular weight is 246 g/mol. The zero-order valence-corrected chi connectivity index (χ0v) is 12.3. The van der Waals surface area contributed by atoms with Gasteiger partial charge in [0.25, 0.3) is 0 Å². The third kappa shape index (κ3) is 4.14. The molecule has 0 aromatic rings. The van der Waals surface area contributed by atoms with E-state index in [2.05, 4.69) is 43.9 Å². The topological polar surface area (TPSA) is 28.2 Å². The van der Waals surface area contributed by atoms with Crippen molar-refractivity contribution < 1.29 is 9.47 Å². The minimum Gasteiger partial charge on any atom is -0.379 e. The number of ether oxygens (including phenoxy) is 2. The second-order valence-corrected chi connectivity index (χ2v) is 9.86. The van der Waals surface area contributed by atoms with Crippen molar-refractivity contribution in [3.63, 3.8) is 0 Å². The van der Waals surface area contributed by atoms with Crippen LogP contribution in [0, 0.1) is 0 Å². The van der Waals surface area contributed by atoms with Gasteiger partial charge in [0, 0.05) is 6.61 Å². The zero-order chi connectivity index (χ0) is 12.2. The van der Waals surface area contributed by atoms with Crippen molar-refractivity contribution in [2.45, 2.75) is 25.1 Å². The maximum Gasteiger partial charge on any atom is 0.202 e. The van der Waals surface area contributed by atoms with Gasteiger partial charge in [-0.1, -0.05) is 0 Å². The van der Waals surface area contributed by atoms with Crippen LogP contribution in [0.1, 0.15) is 6.42 Å². The summed E-state index contributed by atoms with van der Waals surface area (Å²) >= 11 is 0. The lowest BCUT2D eigenvalue weighted by Crippen LogP contribution is -2.58. The highest BCUT2D eigenvalue weighted by Gasteiger charge is 2.32. The third-order valence-corrected chi connectivity index (χ3v) is 8.73. The van der Waals surface area contributed by atoms with Crippen LogP contribution in [0.15, 0.2) is 0 Å². The fourth-order valence-electron chi connectivity index (χ4n) is 1.74. The summed E-state index contributed by atoms with van der Waals surface area (Å²) in [5, 5.41) is 0. The lowest BCUT2D eigenvalue weighted by molar-refractivity contribution is 0.116. The summed E-state index contributed by atoms with van der Waals surface area (Å²) in [4.78, 5) is 0. The van der Waals surface area contributed by atoms with Crippen molar-refractivity contribution in [3.05, 3.63) is 0 Å². The molecule has 0 saturated carbocycles. The quantitative estimate of drug-likeness (QED) is 0.363. The molecule has 0 N–H and O–H groups in total. The SMILES string of the molecule is CN(C)[Si](C)(CCCOCC1CO1)N(C)C. The molecule has 1 rings (SSSR count). The molecule has 1 aliphatic rings. The van der Waals surface area contributed by atoms with Gasteiger partial charge in [-0.25, -0.2) is 0 Å². The molecule has 1 saturated heterocycles. The molecule has 0 aromatic carbocycles. The van der Waals surface area contributed by atoms with Crippen LogP contribution < -0.4 is 0 Å². The second-order valence-electron chi connectivity index (χ2n) is 5.14. The molecule has 0 spiro atoms. The molecule has 1 aliphatic heterocycles. The van der Waals surface area contributed by atoms with E-state index in [1.165, 1.54) is 6.04 Å². The van der Waals surface area contributed by atoms with E-state index < -0.39 is 8.40 Å². The van der Waals surface area contributed by atoms with Crippen LogP contribution >= 0.6 is 0 Å². The van der Waals surface area contributed by atoms with Gasteiger partial charge in [0.05, 0.1) is 13.2 Å². The highest BCUT2D eigenvalue weighted by atomic mass is 28.3. The summed E-state index contributed by atoms with van der Waals surface area (Å²) in [6.45, 7) is 4.94. The summed E-state index contributed by atoms with van der Waals surface area (Å²) < 4.78 is 15.5. The molecule has 5 heteroatoms. The number of rotatable bonds is 8. The standard InChI is InChI=1S/C11H26N2O2Si/c1-12(2)16(5,13(3)4)8-6-7-14-9-11-10-15-11/h11H,6-10H2,1-5H3. The number of epoxide rings is 1. The van der Waals surface area contributed by atoms with E-state index in [9.17, 15) is 0 Å². The van der Waals surface area contributed by atoms with Crippen LogP contribution in [0.4, 0.5) is 0 Å². The van der Waals surface area contributed by atoms with Gasteiger partial charge in [0.1, 0.15) is 6.10 Å². The van der Waals surface area contributed by atoms with E-state index in [4.69, 9.17) is 9.47 Å². The first kappa shape index (κ1) is 14.1. The average Bonchev–Trinajstić information content (AvgIpc) is 3.00. The van der Waals surface area contributed by atoms with Gasteiger partial charge in [-0.15, -0.1) is 0 Å². The number of hydrogen-bond donors (Lipinski definition) is 0. The third-order valence-electron chi connectivity index (χ3n) is 3.57. The Morgan fingerprint density at radius 3 is 2.25 bits per heavy atom. The molecule has 16 heavy (non-hydrogen) atoms. The first-order valence-corrected chi connectivity index (χ1v) is 8.61. The summed E-state index contributed by atoms with van der Waals surface area (Å²) in [7, 11) is 7.33.